The highest BCUT2D eigenvalue weighted by Crippen LogP contribution is 2.22. The molecule has 0 aromatic carbocycles. The number of carbonyl (C=O) groups excluding carboxylic acids is 1. The summed E-state index contributed by atoms with van der Waals surface area (Å²) in [6.07, 6.45) is 6.58. The van der Waals surface area contributed by atoms with E-state index >= 15 is 0 Å². The maximum absolute atomic E-state index is 11.4. The molecule has 0 bridgehead atoms. The summed E-state index contributed by atoms with van der Waals surface area (Å²) in [6.45, 7) is 1.87. The normalized spacial score (nSPS) is 26.2. The second kappa shape index (κ2) is 16.3. The number of aliphatic hydroxyl groups excluding tert-OH is 3. The maximum Gasteiger partial charge on any atom is 0.217 e. The highest BCUT2D eigenvalue weighted by molar-refractivity contribution is 5.73. The third-order valence-corrected chi connectivity index (χ3v) is 5.25. The highest BCUT2D eigenvalue weighted by atomic mass is 16.7. The van der Waals surface area contributed by atoms with Crippen molar-refractivity contribution in [1.29, 1.82) is 0 Å². The van der Waals surface area contributed by atoms with Crippen molar-refractivity contribution in [3.63, 3.8) is 0 Å². The fraction of sp³-hybridized carbons (Fsp3) is 0.950. The summed E-state index contributed by atoms with van der Waals surface area (Å²) in [5.41, 5.74) is 8.19. The summed E-state index contributed by atoms with van der Waals surface area (Å²) >= 11 is 0. The molecule has 10 nitrogen and oxygen atoms in total. The molecular weight excluding hydrogens is 392 g/mol. The largest absolute Gasteiger partial charge is 0.394 e. The lowest BCUT2D eigenvalue weighted by atomic mass is 9.97. The summed E-state index contributed by atoms with van der Waals surface area (Å²) in [5.74, 6) is -0.360. The van der Waals surface area contributed by atoms with Gasteiger partial charge in [0.1, 0.15) is 24.4 Å². The van der Waals surface area contributed by atoms with Gasteiger partial charge < -0.3 is 30.1 Å². The molecule has 1 amide bonds. The lowest BCUT2D eigenvalue weighted by molar-refractivity contribution is -0.270. The van der Waals surface area contributed by atoms with Crippen molar-refractivity contribution >= 4 is 5.91 Å². The van der Waals surface area contributed by atoms with Crippen molar-refractivity contribution in [2.75, 3.05) is 19.8 Å². The van der Waals surface area contributed by atoms with Gasteiger partial charge in [-0.3, -0.25) is 4.79 Å². The summed E-state index contributed by atoms with van der Waals surface area (Å²) in [5, 5.41) is 35.6. The van der Waals surface area contributed by atoms with Crippen LogP contribution in [0.4, 0.5) is 0 Å². The number of ether oxygens (including phenoxy) is 2. The number of hydrogen-bond donors (Lipinski definition) is 4. The molecule has 30 heavy (non-hydrogen) atoms. The van der Waals surface area contributed by atoms with Crippen molar-refractivity contribution in [3.05, 3.63) is 10.4 Å². The van der Waals surface area contributed by atoms with Gasteiger partial charge in [0, 0.05) is 25.0 Å². The summed E-state index contributed by atoms with van der Waals surface area (Å²) in [7, 11) is 0. The van der Waals surface area contributed by atoms with Gasteiger partial charge in [-0.15, -0.1) is 0 Å². The van der Waals surface area contributed by atoms with Crippen LogP contribution < -0.4 is 5.32 Å². The Morgan fingerprint density at radius 2 is 1.60 bits per heavy atom. The third kappa shape index (κ3) is 10.6. The Balaban J connectivity index is 2.12. The number of nitrogens with zero attached hydrogens (tertiary/aromatic N) is 3. The van der Waals surface area contributed by atoms with Gasteiger partial charge >= 0.3 is 0 Å². The van der Waals surface area contributed by atoms with Crippen molar-refractivity contribution in [2.24, 2.45) is 5.11 Å². The molecule has 1 aliphatic rings. The minimum atomic E-state index is -1.29. The molecule has 1 rings (SSSR count). The molecule has 1 fully saturated rings. The van der Waals surface area contributed by atoms with Gasteiger partial charge in [0.2, 0.25) is 5.91 Å². The summed E-state index contributed by atoms with van der Waals surface area (Å²) in [6, 6.07) is -0.882. The van der Waals surface area contributed by atoms with Crippen LogP contribution >= 0.6 is 0 Å². The monoisotopic (exact) mass is 430 g/mol. The predicted octanol–water partition coefficient (Wildman–Crippen LogP) is 2.16. The lowest BCUT2D eigenvalue weighted by Crippen LogP contribution is -2.64. The van der Waals surface area contributed by atoms with E-state index in [2.05, 4.69) is 15.3 Å². The molecule has 0 aromatic rings. The van der Waals surface area contributed by atoms with Crippen LogP contribution in [0, 0.1) is 0 Å². The zero-order valence-electron chi connectivity index (χ0n) is 18.0. The van der Waals surface area contributed by atoms with Crippen molar-refractivity contribution in [1.82, 2.24) is 5.32 Å². The van der Waals surface area contributed by atoms with Crippen molar-refractivity contribution < 1.29 is 29.6 Å². The van der Waals surface area contributed by atoms with E-state index in [9.17, 15) is 20.1 Å². The zero-order chi connectivity index (χ0) is 22.2. The first-order chi connectivity index (χ1) is 14.5. The Kier molecular flexibility index (Phi) is 14.5. The van der Waals surface area contributed by atoms with Crippen LogP contribution in [0.1, 0.15) is 71.1 Å². The summed E-state index contributed by atoms with van der Waals surface area (Å²) in [4.78, 5) is 14.1. The molecule has 10 heteroatoms. The van der Waals surface area contributed by atoms with Gasteiger partial charge in [0.15, 0.2) is 6.29 Å². The minimum Gasteiger partial charge on any atom is -0.394 e. The van der Waals surface area contributed by atoms with E-state index in [0.29, 0.717) is 13.2 Å². The van der Waals surface area contributed by atoms with Gasteiger partial charge in [-0.2, -0.15) is 0 Å². The van der Waals surface area contributed by atoms with Gasteiger partial charge in [-0.25, -0.2) is 0 Å². The first-order valence-electron chi connectivity index (χ1n) is 11.0. The topological polar surface area (TPSA) is 157 Å². The Hall–Kier alpha value is -1.42. The Bertz CT molecular complexity index is 518. The Labute approximate surface area is 178 Å². The van der Waals surface area contributed by atoms with E-state index in [1.165, 1.54) is 39.0 Å². The number of carbonyl (C=O) groups is 1. The van der Waals surface area contributed by atoms with E-state index in [1.807, 2.05) is 0 Å². The lowest BCUT2D eigenvalue weighted by Gasteiger charge is -2.42. The van der Waals surface area contributed by atoms with Crippen LogP contribution in [0.25, 0.3) is 10.4 Å². The van der Waals surface area contributed by atoms with E-state index < -0.39 is 37.3 Å². The number of amides is 1. The second-order valence-corrected chi connectivity index (χ2v) is 7.79. The van der Waals surface area contributed by atoms with E-state index in [4.69, 9.17) is 15.0 Å². The fourth-order valence-corrected chi connectivity index (χ4v) is 3.56. The number of nitrogens with one attached hydrogen (secondary N) is 1. The van der Waals surface area contributed by atoms with E-state index in [-0.39, 0.29) is 5.91 Å². The number of hydrogen-bond acceptors (Lipinski definition) is 7. The first kappa shape index (κ1) is 26.6. The molecule has 1 saturated heterocycles. The van der Waals surface area contributed by atoms with Crippen LogP contribution in [0.3, 0.4) is 0 Å². The van der Waals surface area contributed by atoms with E-state index in [0.717, 1.165) is 32.1 Å². The molecule has 174 valence electrons. The maximum atomic E-state index is 11.4. The smallest absolute Gasteiger partial charge is 0.217 e. The molecule has 0 aliphatic carbocycles. The summed E-state index contributed by atoms with van der Waals surface area (Å²) < 4.78 is 11.2. The van der Waals surface area contributed by atoms with Crippen LogP contribution in [0.15, 0.2) is 5.11 Å². The van der Waals surface area contributed by atoms with Gasteiger partial charge in [0.25, 0.3) is 0 Å². The molecule has 0 aromatic heterocycles. The molecule has 5 atom stereocenters. The first-order valence-corrected chi connectivity index (χ1v) is 11.0. The molecule has 1 heterocycles. The van der Waals surface area contributed by atoms with Crippen LogP contribution in [-0.4, -0.2) is 71.6 Å². The Morgan fingerprint density at radius 3 is 2.13 bits per heavy atom. The molecule has 0 radical (unpaired) electrons. The van der Waals surface area contributed by atoms with Gasteiger partial charge in [-0.1, -0.05) is 56.5 Å². The average Bonchev–Trinajstić information content (AvgIpc) is 2.72. The minimum absolute atomic E-state index is 0.360. The van der Waals surface area contributed by atoms with E-state index in [1.54, 1.807) is 0 Å². The highest BCUT2D eigenvalue weighted by Gasteiger charge is 2.45. The molecular formula is C20H38N4O6. The standard InChI is InChI=1S/C20H38N4O6/c1-15(26)23-17-19(28)18(27)16(14-25)30-20(17)29-13-11-9-7-5-3-2-4-6-8-10-12-22-24-21/h16-20,25,27-28H,2-14H2,1H3,(H,23,26)/t16-,17-,18-,19-,20?/m1/s1. The molecule has 0 saturated carbocycles. The molecule has 1 unspecified atom stereocenters. The van der Waals surface area contributed by atoms with Crippen LogP contribution in [-0.2, 0) is 14.3 Å². The fourth-order valence-electron chi connectivity index (χ4n) is 3.56. The molecule has 4 N–H and O–H groups in total. The number of azide groups is 1. The molecule has 1 aliphatic heterocycles. The number of unbranched alkanes of at least 4 members (excludes halogenated alkanes) is 9. The van der Waals surface area contributed by atoms with Crippen LogP contribution in [0.2, 0.25) is 0 Å². The SMILES string of the molecule is CC(=O)N[C@H]1C(OCCCCCCCCCCCCN=[N+]=[N-])O[C@H](CO)[C@@H](O)[C@@H]1O. The van der Waals surface area contributed by atoms with Crippen LogP contribution in [0.5, 0.6) is 0 Å². The zero-order valence-corrected chi connectivity index (χ0v) is 18.0. The quantitative estimate of drug-likeness (QED) is 0.127. The number of rotatable bonds is 16. The second-order valence-electron chi connectivity index (χ2n) is 7.79. The van der Waals surface area contributed by atoms with Gasteiger partial charge in [-0.05, 0) is 18.4 Å². The predicted molar refractivity (Wildman–Crippen MR) is 112 cm³/mol. The third-order valence-electron chi connectivity index (χ3n) is 5.25. The Morgan fingerprint density at radius 1 is 1.03 bits per heavy atom. The van der Waals surface area contributed by atoms with Crippen molar-refractivity contribution in [2.45, 2.75) is 102 Å². The van der Waals surface area contributed by atoms with Crippen molar-refractivity contribution in [3.8, 4) is 0 Å². The molecule has 0 spiro atoms. The average molecular weight is 431 g/mol. The number of aliphatic hydroxyl groups is 3. The van der Waals surface area contributed by atoms with Gasteiger partial charge in [0.05, 0.1) is 6.61 Å².